The molecule has 0 unspecified atom stereocenters. The zero-order valence-corrected chi connectivity index (χ0v) is 15.8. The van der Waals surface area contributed by atoms with Gasteiger partial charge >= 0.3 is 0 Å². The molecular formula is C21H17BrFN2O+. The Balaban J connectivity index is 1.71. The molecule has 0 saturated carbocycles. The first-order chi connectivity index (χ1) is 12.6. The van der Waals surface area contributed by atoms with Crippen LogP contribution in [0.2, 0.25) is 0 Å². The third-order valence-electron chi connectivity index (χ3n) is 4.25. The highest BCUT2D eigenvalue weighted by Crippen LogP contribution is 2.26. The molecule has 0 radical (unpaired) electrons. The summed E-state index contributed by atoms with van der Waals surface area (Å²) < 4.78 is 22.2. The fourth-order valence-electron chi connectivity index (χ4n) is 2.97. The van der Waals surface area contributed by atoms with Gasteiger partial charge < -0.3 is 4.42 Å². The molecule has 0 spiro atoms. The van der Waals surface area contributed by atoms with Crippen molar-refractivity contribution < 1.29 is 13.4 Å². The summed E-state index contributed by atoms with van der Waals surface area (Å²) in [4.78, 5) is 4.63. The van der Waals surface area contributed by atoms with Crippen LogP contribution >= 0.6 is 15.9 Å². The minimum atomic E-state index is -0.232. The number of aromatic nitrogens is 2. The Morgan fingerprint density at radius 1 is 1.08 bits per heavy atom. The Hall–Kier alpha value is -2.53. The molecule has 0 atom stereocenters. The number of hydrogen-bond donors (Lipinski definition) is 0. The number of benzene rings is 2. The van der Waals surface area contributed by atoms with Crippen LogP contribution in [-0.4, -0.2) is 4.98 Å². The van der Waals surface area contributed by atoms with Gasteiger partial charge in [0.15, 0.2) is 24.5 Å². The molecule has 2 aromatic carbocycles. The third kappa shape index (κ3) is 3.53. The maximum Gasteiger partial charge on any atom is 0.233 e. The first-order valence-electron chi connectivity index (χ1n) is 8.44. The van der Waals surface area contributed by atoms with Gasteiger partial charge in [-0.25, -0.2) is 9.37 Å². The molecule has 0 bridgehead atoms. The average Bonchev–Trinajstić information content (AvgIpc) is 3.04. The van der Waals surface area contributed by atoms with E-state index >= 15 is 0 Å². The van der Waals surface area contributed by atoms with Gasteiger partial charge in [-0.1, -0.05) is 25.1 Å². The Morgan fingerprint density at radius 3 is 2.77 bits per heavy atom. The van der Waals surface area contributed by atoms with E-state index in [2.05, 4.69) is 40.0 Å². The highest BCUT2D eigenvalue weighted by atomic mass is 79.9. The molecule has 0 aliphatic heterocycles. The highest BCUT2D eigenvalue weighted by Gasteiger charge is 2.15. The summed E-state index contributed by atoms with van der Waals surface area (Å²) in [6, 6.07) is 14.7. The molecule has 2 heterocycles. The molecule has 0 aliphatic carbocycles. The molecule has 0 aliphatic rings. The lowest BCUT2D eigenvalue weighted by Gasteiger charge is -2.01. The standard InChI is InChI=1S/C21H17BrFN2O/c1-2-14-6-7-20-19(9-14)24-21(26-20)16-10-17(22)13-25(12-16)11-15-4-3-5-18(23)8-15/h3-10,12-13H,2,11H2,1H3/q+1. The van der Waals surface area contributed by atoms with E-state index in [4.69, 9.17) is 4.42 Å². The van der Waals surface area contributed by atoms with Crippen molar-refractivity contribution in [3.63, 3.8) is 0 Å². The van der Waals surface area contributed by atoms with Crippen LogP contribution in [0.25, 0.3) is 22.6 Å². The number of rotatable bonds is 4. The molecule has 0 N–H and O–H groups in total. The fraction of sp³-hybridized carbons (Fsp3) is 0.143. The van der Waals surface area contributed by atoms with E-state index in [-0.39, 0.29) is 5.82 Å². The second kappa shape index (κ2) is 7.00. The van der Waals surface area contributed by atoms with E-state index in [1.807, 2.05) is 35.2 Å². The Kier molecular flexibility index (Phi) is 4.55. The van der Waals surface area contributed by atoms with Crippen molar-refractivity contribution in [1.29, 1.82) is 0 Å². The van der Waals surface area contributed by atoms with Gasteiger partial charge in [0, 0.05) is 5.56 Å². The third-order valence-corrected chi connectivity index (χ3v) is 4.68. The number of fused-ring (bicyclic) bond motifs is 1. The molecule has 0 amide bonds. The van der Waals surface area contributed by atoms with E-state index in [9.17, 15) is 4.39 Å². The van der Waals surface area contributed by atoms with Gasteiger partial charge in [0.1, 0.15) is 16.9 Å². The molecule has 0 fully saturated rings. The van der Waals surface area contributed by atoms with Crippen molar-refractivity contribution >= 4 is 27.0 Å². The van der Waals surface area contributed by atoms with Gasteiger partial charge in [0.25, 0.3) is 0 Å². The lowest BCUT2D eigenvalue weighted by molar-refractivity contribution is -0.688. The van der Waals surface area contributed by atoms with Gasteiger partial charge in [0.05, 0.1) is 4.47 Å². The number of hydrogen-bond acceptors (Lipinski definition) is 2. The van der Waals surface area contributed by atoms with Crippen molar-refractivity contribution in [2.24, 2.45) is 0 Å². The van der Waals surface area contributed by atoms with Gasteiger partial charge in [-0.05, 0) is 58.2 Å². The second-order valence-electron chi connectivity index (χ2n) is 6.22. The second-order valence-corrected chi connectivity index (χ2v) is 7.14. The van der Waals surface area contributed by atoms with Crippen LogP contribution in [0.15, 0.2) is 69.8 Å². The van der Waals surface area contributed by atoms with Gasteiger partial charge in [-0.3, -0.25) is 0 Å². The molecule has 3 nitrogen and oxygen atoms in total. The monoisotopic (exact) mass is 411 g/mol. The minimum absolute atomic E-state index is 0.232. The SMILES string of the molecule is CCc1ccc2oc(-c3cc(Br)c[n+](Cc4cccc(F)c4)c3)nc2c1. The Labute approximate surface area is 159 Å². The number of halogens is 2. The normalized spacial score (nSPS) is 11.2. The van der Waals surface area contributed by atoms with Gasteiger partial charge in [0.2, 0.25) is 5.89 Å². The van der Waals surface area contributed by atoms with E-state index < -0.39 is 0 Å². The van der Waals surface area contributed by atoms with Crippen LogP contribution < -0.4 is 4.57 Å². The number of aryl methyl sites for hydroxylation is 1. The van der Waals surface area contributed by atoms with Crippen molar-refractivity contribution in [3.8, 4) is 11.5 Å². The van der Waals surface area contributed by atoms with Crippen molar-refractivity contribution in [2.75, 3.05) is 0 Å². The summed E-state index contributed by atoms with van der Waals surface area (Å²) in [5.74, 6) is 0.339. The average molecular weight is 412 g/mol. The summed E-state index contributed by atoms with van der Waals surface area (Å²) in [5, 5.41) is 0. The molecule has 2 aromatic heterocycles. The van der Waals surface area contributed by atoms with E-state index in [0.717, 1.165) is 33.1 Å². The molecule has 4 aromatic rings. The molecule has 4 rings (SSSR count). The lowest BCUT2D eigenvalue weighted by Crippen LogP contribution is -2.33. The first kappa shape index (κ1) is 16.9. The number of pyridine rings is 1. The summed E-state index contributed by atoms with van der Waals surface area (Å²) in [6.45, 7) is 2.68. The minimum Gasteiger partial charge on any atom is -0.436 e. The number of nitrogens with zero attached hydrogens (tertiary/aromatic N) is 2. The summed E-state index contributed by atoms with van der Waals surface area (Å²) in [6.07, 6.45) is 4.87. The van der Waals surface area contributed by atoms with Crippen molar-refractivity contribution in [3.05, 3.63) is 82.3 Å². The van der Waals surface area contributed by atoms with Crippen LogP contribution in [0.3, 0.4) is 0 Å². The van der Waals surface area contributed by atoms with Crippen molar-refractivity contribution in [2.45, 2.75) is 19.9 Å². The maximum absolute atomic E-state index is 13.4. The zero-order valence-electron chi connectivity index (χ0n) is 14.2. The predicted molar refractivity (Wildman–Crippen MR) is 102 cm³/mol. The van der Waals surface area contributed by atoms with E-state index in [1.165, 1.54) is 11.6 Å². The van der Waals surface area contributed by atoms with E-state index in [0.29, 0.717) is 12.4 Å². The Morgan fingerprint density at radius 2 is 1.96 bits per heavy atom. The van der Waals surface area contributed by atoms with Crippen LogP contribution in [0.1, 0.15) is 18.1 Å². The molecule has 130 valence electrons. The largest absolute Gasteiger partial charge is 0.436 e. The summed E-state index contributed by atoms with van der Waals surface area (Å²) in [5.41, 5.74) is 4.62. The van der Waals surface area contributed by atoms with E-state index in [1.54, 1.807) is 12.1 Å². The lowest BCUT2D eigenvalue weighted by atomic mass is 10.1. The first-order valence-corrected chi connectivity index (χ1v) is 9.24. The smallest absolute Gasteiger partial charge is 0.233 e. The van der Waals surface area contributed by atoms with Gasteiger partial charge in [-0.2, -0.15) is 4.57 Å². The van der Waals surface area contributed by atoms with Crippen molar-refractivity contribution in [1.82, 2.24) is 4.98 Å². The highest BCUT2D eigenvalue weighted by molar-refractivity contribution is 9.10. The zero-order chi connectivity index (χ0) is 18.1. The molecular weight excluding hydrogens is 395 g/mol. The summed E-state index contributed by atoms with van der Waals surface area (Å²) >= 11 is 3.54. The number of oxazole rings is 1. The van der Waals surface area contributed by atoms with Gasteiger partial charge in [-0.15, -0.1) is 0 Å². The van der Waals surface area contributed by atoms with Crippen LogP contribution in [0.4, 0.5) is 4.39 Å². The molecule has 5 heteroatoms. The molecule has 0 saturated heterocycles. The topological polar surface area (TPSA) is 29.9 Å². The quantitative estimate of drug-likeness (QED) is 0.426. The molecule has 26 heavy (non-hydrogen) atoms. The van der Waals surface area contributed by atoms with Crippen LogP contribution in [0, 0.1) is 5.82 Å². The Bertz CT molecular complexity index is 1090. The van der Waals surface area contributed by atoms with Crippen LogP contribution in [-0.2, 0) is 13.0 Å². The van der Waals surface area contributed by atoms with Crippen LogP contribution in [0.5, 0.6) is 0 Å². The maximum atomic E-state index is 13.4. The fourth-order valence-corrected chi connectivity index (χ4v) is 3.48. The summed E-state index contributed by atoms with van der Waals surface area (Å²) in [7, 11) is 0. The predicted octanol–water partition coefficient (Wildman–Crippen LogP) is 5.29.